The number of aliphatic carboxylic acids is 1. The molecule has 5 heteroatoms. The fourth-order valence-corrected chi connectivity index (χ4v) is 1.66. The molecule has 0 aromatic heterocycles. The Bertz CT molecular complexity index is 158. The van der Waals surface area contributed by atoms with Crippen LogP contribution in [0.25, 0.3) is 0 Å². The molecule has 0 rings (SSSR count). The average molecular weight is 241 g/mol. The van der Waals surface area contributed by atoms with Crippen LogP contribution in [0.15, 0.2) is 0 Å². The van der Waals surface area contributed by atoms with Crippen LogP contribution >= 0.6 is 11.8 Å². The molecule has 0 spiro atoms. The molecule has 1 atom stereocenters. The second kappa shape index (κ2) is 12.8. The molecule has 0 saturated carbocycles. The standard InChI is InChI=1S/C10H21NO2S.Na/c1-3-4-5-7-11-9(10(12)13)6-8-14-2;/h9,11H,3-8H2,1-2H3,(H,12,13);/q;+1/p-1. The molecule has 1 unspecified atom stereocenters. The minimum atomic E-state index is -0.976. The Morgan fingerprint density at radius 2 is 2.13 bits per heavy atom. The SMILES string of the molecule is CCCCCNC(CCSC)C(=O)[O-].[Na+]. The molecule has 3 nitrogen and oxygen atoms in total. The van der Waals surface area contributed by atoms with E-state index in [-0.39, 0.29) is 29.6 Å². The van der Waals surface area contributed by atoms with E-state index in [1.54, 1.807) is 11.8 Å². The van der Waals surface area contributed by atoms with Gasteiger partial charge in [0.25, 0.3) is 0 Å². The normalized spacial score (nSPS) is 11.9. The number of unbranched alkanes of at least 4 members (excludes halogenated alkanes) is 2. The summed E-state index contributed by atoms with van der Waals surface area (Å²) in [5.74, 6) is -0.116. The van der Waals surface area contributed by atoms with Crippen LogP contribution in [0, 0.1) is 0 Å². The molecule has 0 amide bonds. The van der Waals surface area contributed by atoms with E-state index >= 15 is 0 Å². The van der Waals surface area contributed by atoms with E-state index in [0.717, 1.165) is 31.6 Å². The van der Waals surface area contributed by atoms with E-state index < -0.39 is 12.0 Å². The zero-order valence-corrected chi connectivity index (χ0v) is 12.9. The molecule has 84 valence electrons. The van der Waals surface area contributed by atoms with E-state index in [1.807, 2.05) is 6.26 Å². The van der Waals surface area contributed by atoms with Gasteiger partial charge in [0.1, 0.15) is 0 Å². The summed E-state index contributed by atoms with van der Waals surface area (Å²) in [4.78, 5) is 10.7. The van der Waals surface area contributed by atoms with Gasteiger partial charge in [-0.05, 0) is 31.4 Å². The molecular formula is C10H20NNaO2S. The first-order valence-corrected chi connectivity index (χ1v) is 6.55. The molecule has 0 aliphatic rings. The van der Waals surface area contributed by atoms with Crippen LogP contribution in [-0.4, -0.2) is 30.6 Å². The summed E-state index contributed by atoms with van der Waals surface area (Å²) in [5, 5.41) is 13.7. The third-order valence-electron chi connectivity index (χ3n) is 2.07. The summed E-state index contributed by atoms with van der Waals surface area (Å²) in [6.45, 7) is 2.91. The maximum Gasteiger partial charge on any atom is 1.00 e. The minimum absolute atomic E-state index is 0. The van der Waals surface area contributed by atoms with Gasteiger partial charge in [0.2, 0.25) is 0 Å². The fraction of sp³-hybridized carbons (Fsp3) is 0.900. The first-order valence-electron chi connectivity index (χ1n) is 5.15. The summed E-state index contributed by atoms with van der Waals surface area (Å²) < 4.78 is 0. The number of carbonyl (C=O) groups is 1. The van der Waals surface area contributed by atoms with Crippen molar-refractivity contribution < 1.29 is 39.5 Å². The smallest absolute Gasteiger partial charge is 0.548 e. The number of carboxylic acid groups (broad SMARTS) is 1. The maximum absolute atomic E-state index is 10.7. The summed E-state index contributed by atoms with van der Waals surface area (Å²) in [5.41, 5.74) is 0. The van der Waals surface area contributed by atoms with Gasteiger partial charge >= 0.3 is 29.6 Å². The number of carbonyl (C=O) groups excluding carboxylic acids is 1. The second-order valence-electron chi connectivity index (χ2n) is 3.31. The molecule has 1 N–H and O–H groups in total. The van der Waals surface area contributed by atoms with Gasteiger partial charge in [0, 0.05) is 6.04 Å². The molecule has 0 fully saturated rings. The largest absolute Gasteiger partial charge is 1.00 e. The van der Waals surface area contributed by atoms with Crippen molar-refractivity contribution in [1.82, 2.24) is 5.32 Å². The third-order valence-corrected chi connectivity index (χ3v) is 2.71. The van der Waals surface area contributed by atoms with Gasteiger partial charge in [0.15, 0.2) is 0 Å². The molecule has 0 aromatic rings. The van der Waals surface area contributed by atoms with Gasteiger partial charge in [-0.1, -0.05) is 19.8 Å². The monoisotopic (exact) mass is 241 g/mol. The van der Waals surface area contributed by atoms with Crippen LogP contribution in [0.2, 0.25) is 0 Å². The minimum Gasteiger partial charge on any atom is -0.548 e. The van der Waals surface area contributed by atoms with Crippen molar-refractivity contribution in [2.75, 3.05) is 18.6 Å². The first-order chi connectivity index (χ1) is 6.72. The van der Waals surface area contributed by atoms with E-state index in [9.17, 15) is 9.90 Å². The maximum atomic E-state index is 10.7. The summed E-state index contributed by atoms with van der Waals surface area (Å²) in [7, 11) is 0. The van der Waals surface area contributed by atoms with E-state index in [0.29, 0.717) is 6.42 Å². The van der Waals surface area contributed by atoms with Gasteiger partial charge in [-0.15, -0.1) is 0 Å². The number of nitrogens with one attached hydrogen (secondary N) is 1. The number of thioether (sulfide) groups is 1. The van der Waals surface area contributed by atoms with Gasteiger partial charge in [-0.25, -0.2) is 0 Å². The molecule has 0 saturated heterocycles. The Labute approximate surface area is 119 Å². The Balaban J connectivity index is 0. The van der Waals surface area contributed by atoms with E-state index in [2.05, 4.69) is 12.2 Å². The molecule has 0 radical (unpaired) electrons. The van der Waals surface area contributed by atoms with Gasteiger partial charge < -0.3 is 15.2 Å². The topological polar surface area (TPSA) is 52.2 Å². The quantitative estimate of drug-likeness (QED) is 0.362. The number of carboxylic acids is 1. The Kier molecular flexibility index (Phi) is 15.5. The van der Waals surface area contributed by atoms with E-state index in [1.165, 1.54) is 0 Å². The van der Waals surface area contributed by atoms with Crippen LogP contribution in [0.3, 0.4) is 0 Å². The fourth-order valence-electron chi connectivity index (χ4n) is 1.19. The van der Waals surface area contributed by atoms with Crippen LogP contribution in [0.4, 0.5) is 0 Å². The Hall–Kier alpha value is 0.780. The molecular weight excluding hydrogens is 221 g/mol. The van der Waals surface area contributed by atoms with Crippen molar-refractivity contribution in [3.63, 3.8) is 0 Å². The van der Waals surface area contributed by atoms with Crippen molar-refractivity contribution in [3.05, 3.63) is 0 Å². The predicted molar refractivity (Wildman–Crippen MR) is 59.3 cm³/mol. The molecule has 0 aliphatic heterocycles. The van der Waals surface area contributed by atoms with Gasteiger partial charge in [-0.2, -0.15) is 11.8 Å². The van der Waals surface area contributed by atoms with Crippen LogP contribution in [0.1, 0.15) is 32.6 Å². The van der Waals surface area contributed by atoms with Crippen molar-refractivity contribution in [1.29, 1.82) is 0 Å². The summed E-state index contributed by atoms with van der Waals surface area (Å²) in [6, 6.07) is -0.473. The van der Waals surface area contributed by atoms with E-state index in [4.69, 9.17) is 0 Å². The average Bonchev–Trinajstić information content (AvgIpc) is 2.16. The van der Waals surface area contributed by atoms with Crippen LogP contribution in [0.5, 0.6) is 0 Å². The van der Waals surface area contributed by atoms with Gasteiger partial charge in [-0.3, -0.25) is 0 Å². The molecule has 15 heavy (non-hydrogen) atoms. The van der Waals surface area contributed by atoms with Crippen molar-refractivity contribution >= 4 is 17.7 Å². The molecule has 0 aliphatic carbocycles. The zero-order chi connectivity index (χ0) is 10.8. The predicted octanol–water partition coefficient (Wildman–Crippen LogP) is -2.36. The first kappa shape index (κ1) is 18.2. The van der Waals surface area contributed by atoms with Gasteiger partial charge in [0.05, 0.1) is 5.97 Å². The number of rotatable bonds is 9. The summed E-state index contributed by atoms with van der Waals surface area (Å²) in [6.07, 6.45) is 5.97. The second-order valence-corrected chi connectivity index (χ2v) is 4.30. The molecule has 0 bridgehead atoms. The Morgan fingerprint density at radius 1 is 1.47 bits per heavy atom. The molecule has 0 heterocycles. The van der Waals surface area contributed by atoms with Crippen LogP contribution in [-0.2, 0) is 4.79 Å². The van der Waals surface area contributed by atoms with Crippen molar-refractivity contribution in [2.45, 2.75) is 38.6 Å². The Morgan fingerprint density at radius 3 is 2.60 bits per heavy atom. The summed E-state index contributed by atoms with van der Waals surface area (Å²) >= 11 is 1.66. The zero-order valence-electron chi connectivity index (χ0n) is 10.0. The molecule has 0 aromatic carbocycles. The van der Waals surface area contributed by atoms with Crippen molar-refractivity contribution in [2.24, 2.45) is 0 Å². The number of hydrogen-bond acceptors (Lipinski definition) is 4. The van der Waals surface area contributed by atoms with Crippen LogP contribution < -0.4 is 40.0 Å². The van der Waals surface area contributed by atoms with Crippen molar-refractivity contribution in [3.8, 4) is 0 Å². The third kappa shape index (κ3) is 11.1. The number of hydrogen-bond donors (Lipinski definition) is 1.